The fraction of sp³-hybridized carbons (Fsp3) is 0.188. The van der Waals surface area contributed by atoms with Crippen molar-refractivity contribution in [3.05, 3.63) is 59.7 Å². The Kier molecular flexibility index (Phi) is 4.60. The Hall–Kier alpha value is -2.49. The zero-order chi connectivity index (χ0) is 14.4. The average molecular weight is 271 g/mol. The van der Waals surface area contributed by atoms with E-state index in [4.69, 9.17) is 4.74 Å². The van der Waals surface area contributed by atoms with Gasteiger partial charge in [-0.25, -0.2) is 4.79 Å². The molecular formula is C16H17NO3. The molecule has 0 bridgehead atoms. The van der Waals surface area contributed by atoms with E-state index in [-0.39, 0.29) is 5.97 Å². The minimum Gasteiger partial charge on any atom is -0.497 e. The predicted molar refractivity (Wildman–Crippen MR) is 78.1 cm³/mol. The molecule has 0 aliphatic carbocycles. The second kappa shape index (κ2) is 6.61. The average Bonchev–Trinajstić information content (AvgIpc) is 2.53. The maximum absolute atomic E-state index is 11.3. The minimum atomic E-state index is -0.329. The fourth-order valence-corrected chi connectivity index (χ4v) is 1.83. The Bertz CT molecular complexity index is 579. The maximum atomic E-state index is 11.3. The van der Waals surface area contributed by atoms with Gasteiger partial charge in [0, 0.05) is 12.2 Å². The second-order valence-corrected chi connectivity index (χ2v) is 4.27. The summed E-state index contributed by atoms with van der Waals surface area (Å²) in [7, 11) is 3.02. The summed E-state index contributed by atoms with van der Waals surface area (Å²) in [5, 5.41) is 3.29. The molecule has 104 valence electrons. The Morgan fingerprint density at radius 3 is 2.50 bits per heavy atom. The van der Waals surface area contributed by atoms with E-state index in [2.05, 4.69) is 10.1 Å². The quantitative estimate of drug-likeness (QED) is 0.849. The van der Waals surface area contributed by atoms with Crippen LogP contribution >= 0.6 is 0 Å². The molecule has 0 aromatic heterocycles. The Morgan fingerprint density at radius 2 is 1.85 bits per heavy atom. The van der Waals surface area contributed by atoms with Crippen LogP contribution in [0, 0.1) is 0 Å². The third-order valence-corrected chi connectivity index (χ3v) is 2.94. The smallest absolute Gasteiger partial charge is 0.337 e. The number of nitrogens with one attached hydrogen (secondary N) is 1. The number of rotatable bonds is 5. The van der Waals surface area contributed by atoms with Crippen molar-refractivity contribution >= 4 is 11.7 Å². The number of hydrogen-bond acceptors (Lipinski definition) is 4. The Morgan fingerprint density at radius 1 is 1.10 bits per heavy atom. The molecule has 0 aliphatic heterocycles. The van der Waals surface area contributed by atoms with Crippen LogP contribution in [-0.2, 0) is 11.3 Å². The van der Waals surface area contributed by atoms with Gasteiger partial charge in [0.15, 0.2) is 0 Å². The molecule has 0 atom stereocenters. The number of carbonyl (C=O) groups is 1. The molecule has 4 heteroatoms. The molecule has 2 aromatic carbocycles. The molecule has 2 rings (SSSR count). The number of benzene rings is 2. The standard InChI is InChI=1S/C16H17NO3/c1-19-15-5-3-4-12(10-15)11-17-14-8-6-13(7-9-14)16(18)20-2/h3-10,17H,11H2,1-2H3. The monoisotopic (exact) mass is 271 g/mol. The molecule has 1 N–H and O–H groups in total. The van der Waals surface area contributed by atoms with Gasteiger partial charge in [0.25, 0.3) is 0 Å². The zero-order valence-corrected chi connectivity index (χ0v) is 11.6. The predicted octanol–water partition coefficient (Wildman–Crippen LogP) is 3.09. The molecule has 0 amide bonds. The first-order valence-corrected chi connectivity index (χ1v) is 6.28. The zero-order valence-electron chi connectivity index (χ0n) is 11.6. The summed E-state index contributed by atoms with van der Waals surface area (Å²) in [5.41, 5.74) is 2.61. The van der Waals surface area contributed by atoms with Crippen LogP contribution in [0.5, 0.6) is 5.75 Å². The lowest BCUT2D eigenvalue weighted by molar-refractivity contribution is 0.0601. The Labute approximate surface area is 118 Å². The van der Waals surface area contributed by atoms with Crippen LogP contribution < -0.4 is 10.1 Å². The minimum absolute atomic E-state index is 0.329. The summed E-state index contributed by atoms with van der Waals surface area (Å²) in [5.74, 6) is 0.509. The molecule has 0 aliphatic rings. The topological polar surface area (TPSA) is 47.6 Å². The largest absolute Gasteiger partial charge is 0.497 e. The number of ether oxygens (including phenoxy) is 2. The summed E-state index contributed by atoms with van der Waals surface area (Å²) in [4.78, 5) is 11.3. The third-order valence-electron chi connectivity index (χ3n) is 2.94. The van der Waals surface area contributed by atoms with Crippen LogP contribution in [-0.4, -0.2) is 20.2 Å². The number of esters is 1. The van der Waals surface area contributed by atoms with Gasteiger partial charge >= 0.3 is 5.97 Å². The van der Waals surface area contributed by atoms with E-state index < -0.39 is 0 Å². The maximum Gasteiger partial charge on any atom is 0.337 e. The first-order valence-electron chi connectivity index (χ1n) is 6.28. The van der Waals surface area contributed by atoms with Crippen molar-refractivity contribution in [2.45, 2.75) is 6.54 Å². The lowest BCUT2D eigenvalue weighted by Crippen LogP contribution is -2.02. The van der Waals surface area contributed by atoms with Crippen LogP contribution in [0.15, 0.2) is 48.5 Å². The highest BCUT2D eigenvalue weighted by molar-refractivity contribution is 5.89. The van der Waals surface area contributed by atoms with Gasteiger partial charge in [-0.1, -0.05) is 12.1 Å². The lowest BCUT2D eigenvalue weighted by Gasteiger charge is -2.08. The van der Waals surface area contributed by atoms with E-state index in [0.29, 0.717) is 12.1 Å². The highest BCUT2D eigenvalue weighted by Crippen LogP contribution is 2.15. The molecule has 0 spiro atoms. The molecular weight excluding hydrogens is 254 g/mol. The summed E-state index contributed by atoms with van der Waals surface area (Å²) >= 11 is 0. The van der Waals surface area contributed by atoms with Gasteiger partial charge in [-0.05, 0) is 42.0 Å². The molecule has 4 nitrogen and oxygen atoms in total. The van der Waals surface area contributed by atoms with Crippen molar-refractivity contribution in [1.29, 1.82) is 0 Å². The van der Waals surface area contributed by atoms with Crippen molar-refractivity contribution in [3.8, 4) is 5.75 Å². The normalized spacial score (nSPS) is 9.90. The third kappa shape index (κ3) is 3.51. The number of carbonyl (C=O) groups excluding carboxylic acids is 1. The molecule has 0 fully saturated rings. The van der Waals surface area contributed by atoms with Crippen LogP contribution in [0.2, 0.25) is 0 Å². The summed E-state index contributed by atoms with van der Waals surface area (Å²) in [6.45, 7) is 0.689. The van der Waals surface area contributed by atoms with Crippen LogP contribution in [0.4, 0.5) is 5.69 Å². The van der Waals surface area contributed by atoms with E-state index in [1.165, 1.54) is 7.11 Å². The van der Waals surface area contributed by atoms with E-state index in [9.17, 15) is 4.79 Å². The van der Waals surface area contributed by atoms with Crippen molar-refractivity contribution < 1.29 is 14.3 Å². The summed E-state index contributed by atoms with van der Waals surface area (Å²) in [6, 6.07) is 15.1. The van der Waals surface area contributed by atoms with Crippen molar-refractivity contribution in [2.75, 3.05) is 19.5 Å². The van der Waals surface area contributed by atoms with Crippen LogP contribution in [0.1, 0.15) is 15.9 Å². The molecule has 20 heavy (non-hydrogen) atoms. The van der Waals surface area contributed by atoms with Crippen LogP contribution in [0.25, 0.3) is 0 Å². The van der Waals surface area contributed by atoms with Gasteiger partial charge in [0.05, 0.1) is 19.8 Å². The Balaban J connectivity index is 1.98. The van der Waals surface area contributed by atoms with Gasteiger partial charge in [-0.3, -0.25) is 0 Å². The molecule has 0 saturated carbocycles. The second-order valence-electron chi connectivity index (χ2n) is 4.27. The first-order chi connectivity index (χ1) is 9.72. The molecule has 0 unspecified atom stereocenters. The van der Waals surface area contributed by atoms with E-state index in [1.54, 1.807) is 19.2 Å². The molecule has 0 radical (unpaired) electrons. The molecule has 0 saturated heterocycles. The van der Waals surface area contributed by atoms with Crippen molar-refractivity contribution in [1.82, 2.24) is 0 Å². The summed E-state index contributed by atoms with van der Waals surface area (Å²) in [6.07, 6.45) is 0. The number of methoxy groups -OCH3 is 2. The van der Waals surface area contributed by atoms with Gasteiger partial charge in [0.2, 0.25) is 0 Å². The molecule has 0 heterocycles. The number of hydrogen-bond donors (Lipinski definition) is 1. The summed E-state index contributed by atoms with van der Waals surface area (Å²) < 4.78 is 9.84. The van der Waals surface area contributed by atoms with Crippen LogP contribution in [0.3, 0.4) is 0 Å². The molecule has 2 aromatic rings. The first kappa shape index (κ1) is 13.9. The van der Waals surface area contributed by atoms with Gasteiger partial charge in [-0.15, -0.1) is 0 Å². The lowest BCUT2D eigenvalue weighted by atomic mass is 10.2. The van der Waals surface area contributed by atoms with E-state index in [1.807, 2.05) is 36.4 Å². The van der Waals surface area contributed by atoms with Gasteiger partial charge in [-0.2, -0.15) is 0 Å². The van der Waals surface area contributed by atoms with E-state index >= 15 is 0 Å². The highest BCUT2D eigenvalue weighted by Gasteiger charge is 2.04. The SMILES string of the molecule is COC(=O)c1ccc(NCc2cccc(OC)c2)cc1. The van der Waals surface area contributed by atoms with Gasteiger partial charge in [0.1, 0.15) is 5.75 Å². The fourth-order valence-electron chi connectivity index (χ4n) is 1.83. The van der Waals surface area contributed by atoms with E-state index in [0.717, 1.165) is 17.0 Å². The highest BCUT2D eigenvalue weighted by atomic mass is 16.5. The van der Waals surface area contributed by atoms with Crippen molar-refractivity contribution in [3.63, 3.8) is 0 Å². The van der Waals surface area contributed by atoms with Gasteiger partial charge < -0.3 is 14.8 Å². The number of anilines is 1. The van der Waals surface area contributed by atoms with Crippen molar-refractivity contribution in [2.24, 2.45) is 0 Å².